The van der Waals surface area contributed by atoms with Crippen LogP contribution in [0.4, 0.5) is 0 Å². The van der Waals surface area contributed by atoms with E-state index in [0.717, 1.165) is 44.9 Å². The Balaban J connectivity index is 1.31. The number of amides is 1. The molecule has 12 N–H and O–H groups in total. The summed E-state index contributed by atoms with van der Waals surface area (Å²) in [4.78, 5) is 13.5. The standard InChI is InChI=1S/C83H161NO18/c1-3-5-7-9-11-13-15-17-19-21-23-25-26-27-28-29-30-31-32-33-34-35-36-37-38-39-41-43-45-47-49-51-53-55-57-59-61-71(89)84-66(67(88)60-58-56-54-52-50-48-46-44-42-40-24-22-20-18-16-14-12-10-8-6-4-2)65-97-81-77(95)74(92)79(69(63-86)99-81)102-83-78(96)75(93)80(70(64-87)100-83)101-82-76(94)73(91)72(90)68(62-85)98-82/h66-70,72-83,85-88,90-96H,3-65H2,1-2H3,(H,84,89). The Bertz CT molecular complexity index is 1840. The summed E-state index contributed by atoms with van der Waals surface area (Å²) in [7, 11) is 0. The SMILES string of the molecule is CCCCCCCCCCCCCCCCCCCCCCCCCCCCCCCCCCCCCCC(=O)NC(COC1OC(CO)C(OC2OC(CO)C(OC3OC(CO)C(O)C(O)C3O)C(O)C2O)C(O)C1O)C(O)CCCCCCCCCCCCCCCCCCCCCCC. The van der Waals surface area contributed by atoms with Gasteiger partial charge in [-0.05, 0) is 12.8 Å². The Morgan fingerprint density at radius 1 is 0.314 bits per heavy atom. The minimum Gasteiger partial charge on any atom is -0.394 e. The summed E-state index contributed by atoms with van der Waals surface area (Å²) in [6, 6.07) is -0.883. The zero-order chi connectivity index (χ0) is 73.9. The number of aliphatic hydroxyl groups excluding tert-OH is 11. The Hall–Kier alpha value is -1.21. The lowest BCUT2D eigenvalue weighted by molar-refractivity contribution is -0.379. The van der Waals surface area contributed by atoms with Crippen molar-refractivity contribution in [1.82, 2.24) is 5.32 Å². The Morgan fingerprint density at radius 3 is 0.853 bits per heavy atom. The molecule has 3 aliphatic rings. The van der Waals surface area contributed by atoms with E-state index in [1.807, 2.05) is 0 Å². The highest BCUT2D eigenvalue weighted by Crippen LogP contribution is 2.34. The van der Waals surface area contributed by atoms with Crippen LogP contribution >= 0.6 is 0 Å². The summed E-state index contributed by atoms with van der Waals surface area (Å²) in [5.41, 5.74) is 0. The number of hydrogen-bond donors (Lipinski definition) is 12. The molecule has 3 fully saturated rings. The maximum absolute atomic E-state index is 13.5. The average Bonchev–Trinajstić information content (AvgIpc) is 0.781. The van der Waals surface area contributed by atoms with Crippen molar-refractivity contribution in [3.8, 4) is 0 Å². The number of carbonyl (C=O) groups is 1. The van der Waals surface area contributed by atoms with E-state index in [9.17, 15) is 61.0 Å². The van der Waals surface area contributed by atoms with Crippen molar-refractivity contribution in [2.24, 2.45) is 0 Å². The maximum Gasteiger partial charge on any atom is 0.220 e. The van der Waals surface area contributed by atoms with Gasteiger partial charge in [0.1, 0.15) is 73.2 Å². The summed E-state index contributed by atoms with van der Waals surface area (Å²) in [6.45, 7) is 1.88. The van der Waals surface area contributed by atoms with Crippen molar-refractivity contribution in [3.05, 3.63) is 0 Å². The highest BCUT2D eigenvalue weighted by atomic mass is 16.8. The van der Waals surface area contributed by atoms with Gasteiger partial charge in [0.25, 0.3) is 0 Å². The molecule has 0 aromatic rings. The van der Waals surface area contributed by atoms with Crippen LogP contribution in [0.25, 0.3) is 0 Å². The van der Waals surface area contributed by atoms with Gasteiger partial charge in [-0.25, -0.2) is 0 Å². The smallest absolute Gasteiger partial charge is 0.220 e. The molecule has 19 heteroatoms. The van der Waals surface area contributed by atoms with Crippen molar-refractivity contribution in [3.63, 3.8) is 0 Å². The molecule has 0 aromatic heterocycles. The number of nitrogens with one attached hydrogen (secondary N) is 1. The molecule has 1 amide bonds. The number of carbonyl (C=O) groups excluding carboxylic acids is 1. The summed E-state index contributed by atoms with van der Waals surface area (Å²) in [5, 5.41) is 121. The second-order valence-electron chi connectivity index (χ2n) is 31.4. The van der Waals surface area contributed by atoms with Crippen LogP contribution in [-0.4, -0.2) is 193 Å². The third kappa shape index (κ3) is 43.8. The molecule has 3 aliphatic heterocycles. The van der Waals surface area contributed by atoms with Crippen LogP contribution in [0.1, 0.15) is 393 Å². The van der Waals surface area contributed by atoms with E-state index in [0.29, 0.717) is 12.8 Å². The van der Waals surface area contributed by atoms with Crippen molar-refractivity contribution in [2.45, 2.75) is 497 Å². The molecule has 0 bridgehead atoms. The van der Waals surface area contributed by atoms with Crippen LogP contribution in [0.3, 0.4) is 0 Å². The second kappa shape index (κ2) is 64.6. The number of unbranched alkanes of at least 4 members (excludes halogenated alkanes) is 55. The van der Waals surface area contributed by atoms with E-state index >= 15 is 0 Å². The van der Waals surface area contributed by atoms with Crippen LogP contribution in [0.5, 0.6) is 0 Å². The van der Waals surface area contributed by atoms with Gasteiger partial charge < -0.3 is 89.9 Å². The van der Waals surface area contributed by atoms with E-state index in [-0.39, 0.29) is 18.9 Å². The largest absolute Gasteiger partial charge is 0.394 e. The molecule has 102 heavy (non-hydrogen) atoms. The maximum atomic E-state index is 13.5. The first-order valence-electron chi connectivity index (χ1n) is 43.3. The molecule has 3 heterocycles. The molecule has 0 aromatic carbocycles. The van der Waals surface area contributed by atoms with Crippen LogP contribution in [0, 0.1) is 0 Å². The van der Waals surface area contributed by atoms with Crippen LogP contribution in [0.2, 0.25) is 0 Å². The highest BCUT2D eigenvalue weighted by molar-refractivity contribution is 5.76. The lowest BCUT2D eigenvalue weighted by atomic mass is 9.96. The normalized spacial score (nSPS) is 26.1. The Morgan fingerprint density at radius 2 is 0.559 bits per heavy atom. The van der Waals surface area contributed by atoms with Crippen molar-refractivity contribution < 1.29 is 89.4 Å². The monoisotopic (exact) mass is 1460 g/mol. The van der Waals surface area contributed by atoms with Gasteiger partial charge in [-0.15, -0.1) is 0 Å². The van der Waals surface area contributed by atoms with Gasteiger partial charge in [0, 0.05) is 6.42 Å². The van der Waals surface area contributed by atoms with Crippen molar-refractivity contribution >= 4 is 5.91 Å². The number of aliphatic hydroxyl groups is 11. The van der Waals surface area contributed by atoms with Gasteiger partial charge in [-0.3, -0.25) is 4.79 Å². The van der Waals surface area contributed by atoms with E-state index in [1.165, 1.54) is 315 Å². The summed E-state index contributed by atoms with van der Waals surface area (Å²) < 4.78 is 34.6. The van der Waals surface area contributed by atoms with Gasteiger partial charge in [-0.2, -0.15) is 0 Å². The topological polar surface area (TPSA) is 307 Å². The third-order valence-corrected chi connectivity index (χ3v) is 22.2. The minimum atomic E-state index is -1.97. The van der Waals surface area contributed by atoms with Crippen molar-refractivity contribution in [1.29, 1.82) is 0 Å². The molecule has 606 valence electrons. The van der Waals surface area contributed by atoms with E-state index in [4.69, 9.17) is 28.4 Å². The zero-order valence-corrected chi connectivity index (χ0v) is 65.1. The average molecular weight is 1460 g/mol. The summed E-state index contributed by atoms with van der Waals surface area (Å²) in [5.74, 6) is -0.232. The zero-order valence-electron chi connectivity index (χ0n) is 65.1. The number of hydrogen-bond acceptors (Lipinski definition) is 18. The predicted molar refractivity (Wildman–Crippen MR) is 407 cm³/mol. The van der Waals surface area contributed by atoms with Crippen LogP contribution in [-0.2, 0) is 33.2 Å². The molecule has 0 radical (unpaired) electrons. The molecular formula is C83H161NO18. The van der Waals surface area contributed by atoms with Gasteiger partial charge in [-0.1, -0.05) is 373 Å². The molecule has 17 atom stereocenters. The van der Waals surface area contributed by atoms with Crippen LogP contribution < -0.4 is 5.32 Å². The fourth-order valence-corrected chi connectivity index (χ4v) is 15.3. The number of rotatable bonds is 71. The van der Waals surface area contributed by atoms with Gasteiger partial charge in [0.15, 0.2) is 18.9 Å². The first-order chi connectivity index (χ1) is 49.8. The molecule has 17 unspecified atom stereocenters. The Labute approximate surface area is 621 Å². The van der Waals surface area contributed by atoms with E-state index in [1.54, 1.807) is 0 Å². The molecule has 3 saturated heterocycles. The predicted octanol–water partition coefficient (Wildman–Crippen LogP) is 15.4. The first kappa shape index (κ1) is 95.0. The quantitative estimate of drug-likeness (QED) is 0.0252. The van der Waals surface area contributed by atoms with E-state index < -0.39 is 124 Å². The molecule has 0 saturated carbocycles. The summed E-state index contributed by atoms with van der Waals surface area (Å²) >= 11 is 0. The molecule has 0 spiro atoms. The van der Waals surface area contributed by atoms with Crippen LogP contribution in [0.15, 0.2) is 0 Å². The molecule has 3 rings (SSSR count). The molecule has 0 aliphatic carbocycles. The lowest BCUT2D eigenvalue weighted by Crippen LogP contribution is -2.66. The second-order valence-corrected chi connectivity index (χ2v) is 31.4. The fraction of sp³-hybridized carbons (Fsp3) is 0.988. The van der Waals surface area contributed by atoms with Gasteiger partial charge in [0.05, 0.1) is 38.6 Å². The van der Waals surface area contributed by atoms with Gasteiger partial charge in [0.2, 0.25) is 5.91 Å². The fourth-order valence-electron chi connectivity index (χ4n) is 15.3. The highest BCUT2D eigenvalue weighted by Gasteiger charge is 2.54. The minimum absolute atomic E-state index is 0.232. The first-order valence-corrected chi connectivity index (χ1v) is 43.3. The lowest BCUT2D eigenvalue weighted by Gasteiger charge is -2.48. The Kier molecular flexibility index (Phi) is 60.2. The van der Waals surface area contributed by atoms with E-state index in [2.05, 4.69) is 19.2 Å². The number of ether oxygens (including phenoxy) is 6. The molecular weight excluding hydrogens is 1300 g/mol. The van der Waals surface area contributed by atoms with Crippen molar-refractivity contribution in [2.75, 3.05) is 26.4 Å². The molecule has 19 nitrogen and oxygen atoms in total. The van der Waals surface area contributed by atoms with Gasteiger partial charge >= 0.3 is 0 Å². The third-order valence-electron chi connectivity index (χ3n) is 22.2. The summed E-state index contributed by atoms with van der Waals surface area (Å²) in [6.07, 6.45) is 49.3.